The van der Waals surface area contributed by atoms with Gasteiger partial charge in [-0.1, -0.05) is 29.8 Å². The van der Waals surface area contributed by atoms with E-state index >= 15 is 0 Å². The quantitative estimate of drug-likeness (QED) is 0.483. The maximum Gasteiger partial charge on any atom is 0.233 e. The van der Waals surface area contributed by atoms with Crippen molar-refractivity contribution >= 4 is 5.96 Å². The lowest BCUT2D eigenvalue weighted by Gasteiger charge is -2.25. The highest BCUT2D eigenvalue weighted by molar-refractivity contribution is 5.78. The van der Waals surface area contributed by atoms with Crippen molar-refractivity contribution < 1.29 is 4.84 Å². The van der Waals surface area contributed by atoms with E-state index in [1.54, 1.807) is 0 Å². The molecule has 4 nitrogen and oxygen atoms in total. The van der Waals surface area contributed by atoms with E-state index in [2.05, 4.69) is 41.2 Å². The zero-order chi connectivity index (χ0) is 12.3. The highest BCUT2D eigenvalue weighted by Crippen LogP contribution is 2.31. The zero-order valence-corrected chi connectivity index (χ0v) is 10.4. The van der Waals surface area contributed by atoms with Crippen LogP contribution in [0.1, 0.15) is 30.0 Å². The van der Waals surface area contributed by atoms with Crippen LogP contribution in [0.25, 0.3) is 0 Å². The second kappa shape index (κ2) is 5.08. The van der Waals surface area contributed by atoms with Crippen molar-refractivity contribution in [3.05, 3.63) is 35.4 Å². The summed E-state index contributed by atoms with van der Waals surface area (Å²) in [5.74, 6) is 0.468. The summed E-state index contributed by atoms with van der Waals surface area (Å²) in [6, 6.07) is 8.93. The third-order valence-electron chi connectivity index (χ3n) is 3.19. The molecule has 1 unspecified atom stereocenters. The zero-order valence-electron chi connectivity index (χ0n) is 10.4. The van der Waals surface area contributed by atoms with Gasteiger partial charge in [-0.3, -0.25) is 0 Å². The normalized spacial score (nSPS) is 20.7. The summed E-state index contributed by atoms with van der Waals surface area (Å²) in [6.07, 6.45) is 2.25. The van der Waals surface area contributed by atoms with Crippen LogP contribution in [-0.4, -0.2) is 24.5 Å². The summed E-state index contributed by atoms with van der Waals surface area (Å²) in [5, 5.41) is 3.82. The molecule has 0 spiro atoms. The van der Waals surface area contributed by atoms with E-state index in [4.69, 9.17) is 10.6 Å². The molecule has 0 bridgehead atoms. The van der Waals surface area contributed by atoms with Gasteiger partial charge in [-0.15, -0.1) is 0 Å². The Morgan fingerprint density at radius 2 is 2.12 bits per heavy atom. The molecule has 1 saturated heterocycles. The second-order valence-electron chi connectivity index (χ2n) is 4.39. The highest BCUT2D eigenvalue weighted by Gasteiger charge is 2.27. The van der Waals surface area contributed by atoms with E-state index in [1.165, 1.54) is 18.2 Å². The van der Waals surface area contributed by atoms with Gasteiger partial charge in [0, 0.05) is 6.54 Å². The Morgan fingerprint density at radius 3 is 2.76 bits per heavy atom. The molecule has 0 aliphatic carbocycles. The van der Waals surface area contributed by atoms with E-state index in [0.29, 0.717) is 12.0 Å². The highest BCUT2D eigenvalue weighted by atomic mass is 16.6. The van der Waals surface area contributed by atoms with Crippen LogP contribution in [0, 0.1) is 6.92 Å². The first kappa shape index (κ1) is 11.8. The maximum atomic E-state index is 5.90. The predicted octanol–water partition coefficient (Wildman–Crippen LogP) is 2.01. The Balaban J connectivity index is 2.19. The lowest BCUT2D eigenvalue weighted by atomic mass is 10.0. The Kier molecular flexibility index (Phi) is 3.52. The molecule has 4 heteroatoms. The minimum atomic E-state index is 0.328. The molecule has 0 amide bonds. The van der Waals surface area contributed by atoms with Crippen molar-refractivity contribution in [3.63, 3.8) is 0 Å². The third-order valence-corrected chi connectivity index (χ3v) is 3.19. The Morgan fingerprint density at radius 1 is 1.41 bits per heavy atom. The van der Waals surface area contributed by atoms with Crippen molar-refractivity contribution in [2.45, 2.75) is 25.8 Å². The number of benzene rings is 1. The van der Waals surface area contributed by atoms with Gasteiger partial charge in [0.1, 0.15) is 7.11 Å². The van der Waals surface area contributed by atoms with Crippen LogP contribution in [-0.2, 0) is 4.84 Å². The first-order chi connectivity index (χ1) is 8.22. The van der Waals surface area contributed by atoms with Gasteiger partial charge < -0.3 is 15.5 Å². The number of aryl methyl sites for hydroxylation is 1. The fourth-order valence-corrected chi connectivity index (χ4v) is 2.32. The number of hydrogen-bond acceptors (Lipinski definition) is 2. The van der Waals surface area contributed by atoms with E-state index in [0.717, 1.165) is 19.4 Å². The van der Waals surface area contributed by atoms with Gasteiger partial charge in [-0.05, 0) is 30.5 Å². The summed E-state index contributed by atoms with van der Waals surface area (Å²) >= 11 is 0. The predicted molar refractivity (Wildman–Crippen MR) is 68.5 cm³/mol. The van der Waals surface area contributed by atoms with Crippen LogP contribution < -0.4 is 5.73 Å². The average molecular weight is 233 g/mol. The number of nitrogens with zero attached hydrogens (tertiary/aromatic N) is 2. The average Bonchev–Trinajstić information content (AvgIpc) is 2.79. The summed E-state index contributed by atoms with van der Waals surface area (Å²) < 4.78 is 0. The third kappa shape index (κ3) is 2.52. The first-order valence-electron chi connectivity index (χ1n) is 5.92. The molecule has 1 aromatic carbocycles. The number of likely N-dealkylation sites (tertiary alicyclic amines) is 1. The Labute approximate surface area is 102 Å². The largest absolute Gasteiger partial charge is 0.396 e. The Hall–Kier alpha value is -1.71. The molecular formula is C13H19N3O. The molecule has 1 aliphatic heterocycles. The lowest BCUT2D eigenvalue weighted by Crippen LogP contribution is -2.36. The summed E-state index contributed by atoms with van der Waals surface area (Å²) in [4.78, 5) is 6.85. The van der Waals surface area contributed by atoms with E-state index in [9.17, 15) is 0 Å². The molecule has 2 N–H and O–H groups in total. The number of rotatable bonds is 2. The monoisotopic (exact) mass is 233 g/mol. The standard InChI is InChI=1S/C13H19N3O/c1-10-5-7-11(8-6-10)12-4-3-9-16(12)13(14)15-17-2/h5-8,12H,3-4,9H2,1-2H3,(H2,14,15). The van der Waals surface area contributed by atoms with E-state index in [1.807, 2.05) is 0 Å². The van der Waals surface area contributed by atoms with Gasteiger partial charge in [0.25, 0.3) is 0 Å². The molecule has 1 fully saturated rings. The molecule has 0 aromatic heterocycles. The Bertz CT molecular complexity index is 400. The smallest absolute Gasteiger partial charge is 0.233 e. The second-order valence-corrected chi connectivity index (χ2v) is 4.39. The number of nitrogens with two attached hydrogens (primary N) is 1. The fraction of sp³-hybridized carbons (Fsp3) is 0.462. The van der Waals surface area contributed by atoms with Gasteiger partial charge in [0.15, 0.2) is 0 Å². The molecular weight excluding hydrogens is 214 g/mol. The van der Waals surface area contributed by atoms with Crippen LogP contribution in [0.4, 0.5) is 0 Å². The fourth-order valence-electron chi connectivity index (χ4n) is 2.32. The first-order valence-corrected chi connectivity index (χ1v) is 5.92. The van der Waals surface area contributed by atoms with Gasteiger partial charge in [0.2, 0.25) is 5.96 Å². The van der Waals surface area contributed by atoms with Crippen molar-refractivity contribution in [3.8, 4) is 0 Å². The number of oxime groups is 1. The van der Waals surface area contributed by atoms with Crippen molar-refractivity contribution in [2.24, 2.45) is 10.9 Å². The number of hydrogen-bond donors (Lipinski definition) is 1. The molecule has 2 rings (SSSR count). The van der Waals surface area contributed by atoms with Crippen LogP contribution in [0.5, 0.6) is 0 Å². The minimum absolute atomic E-state index is 0.328. The molecule has 0 radical (unpaired) electrons. The molecule has 1 aromatic rings. The summed E-state index contributed by atoms with van der Waals surface area (Å²) in [6.45, 7) is 3.04. The van der Waals surface area contributed by atoms with E-state index < -0.39 is 0 Å². The van der Waals surface area contributed by atoms with Gasteiger partial charge in [-0.2, -0.15) is 0 Å². The lowest BCUT2D eigenvalue weighted by molar-refractivity contribution is 0.203. The molecule has 0 saturated carbocycles. The van der Waals surface area contributed by atoms with E-state index in [-0.39, 0.29) is 0 Å². The number of guanidine groups is 1. The van der Waals surface area contributed by atoms with Crippen LogP contribution in [0.15, 0.2) is 29.4 Å². The molecule has 17 heavy (non-hydrogen) atoms. The van der Waals surface area contributed by atoms with Crippen LogP contribution in [0.2, 0.25) is 0 Å². The topological polar surface area (TPSA) is 50.9 Å². The van der Waals surface area contributed by atoms with Crippen molar-refractivity contribution in [2.75, 3.05) is 13.7 Å². The molecule has 1 atom stereocenters. The van der Waals surface area contributed by atoms with Crippen molar-refractivity contribution in [1.29, 1.82) is 0 Å². The summed E-state index contributed by atoms with van der Waals surface area (Å²) in [7, 11) is 1.52. The van der Waals surface area contributed by atoms with Gasteiger partial charge in [0.05, 0.1) is 6.04 Å². The van der Waals surface area contributed by atoms with Crippen LogP contribution >= 0.6 is 0 Å². The summed E-state index contributed by atoms with van der Waals surface area (Å²) in [5.41, 5.74) is 8.47. The molecule has 92 valence electrons. The van der Waals surface area contributed by atoms with Gasteiger partial charge in [-0.25, -0.2) is 0 Å². The maximum absolute atomic E-state index is 5.90. The minimum Gasteiger partial charge on any atom is -0.396 e. The molecule has 1 heterocycles. The molecule has 1 aliphatic rings. The SMILES string of the molecule is CO/N=C(/N)N1CCCC1c1ccc(C)cc1. The van der Waals surface area contributed by atoms with Crippen molar-refractivity contribution in [1.82, 2.24) is 4.90 Å². The van der Waals surface area contributed by atoms with Crippen LogP contribution in [0.3, 0.4) is 0 Å². The van der Waals surface area contributed by atoms with Gasteiger partial charge >= 0.3 is 0 Å².